The Kier molecular flexibility index (Phi) is 5.90. The Morgan fingerprint density at radius 3 is 2.21 bits per heavy atom. The van der Waals surface area contributed by atoms with Gasteiger partial charge in [-0.05, 0) is 19.8 Å². The summed E-state index contributed by atoms with van der Waals surface area (Å²) in [6.07, 6.45) is 3.95. The van der Waals surface area contributed by atoms with Crippen LogP contribution in [0.1, 0.15) is 39.5 Å². The molecule has 29 heavy (non-hydrogen) atoms. The van der Waals surface area contributed by atoms with Crippen LogP contribution in [0.4, 0.5) is 0 Å². The van der Waals surface area contributed by atoms with E-state index < -0.39 is 6.16 Å². The first-order valence-electron chi connectivity index (χ1n) is 11.1. The molecule has 1 spiro atoms. The summed E-state index contributed by atoms with van der Waals surface area (Å²) in [5.74, 6) is 0.450. The zero-order valence-corrected chi connectivity index (χ0v) is 17.5. The zero-order chi connectivity index (χ0) is 19.9. The Morgan fingerprint density at radius 1 is 0.862 bits per heavy atom. The smallest absolute Gasteiger partial charge is 0.378 e. The van der Waals surface area contributed by atoms with Gasteiger partial charge in [0.15, 0.2) is 0 Å². The molecule has 166 valence electrons. The molecule has 4 unspecified atom stereocenters. The van der Waals surface area contributed by atoms with Gasteiger partial charge in [-0.3, -0.25) is 0 Å². The van der Waals surface area contributed by atoms with Gasteiger partial charge in [0.2, 0.25) is 0 Å². The molecule has 5 rings (SSSR count). The fraction of sp³-hybridized carbons (Fsp3) is 1.00. The first kappa shape index (κ1) is 20.6. The summed E-state index contributed by atoms with van der Waals surface area (Å²) in [6.45, 7) is 8.06. The highest BCUT2D eigenvalue weighted by atomic mass is 17.0. The molecule has 1 aliphatic carbocycles. The maximum atomic E-state index is 6.17. The van der Waals surface area contributed by atoms with E-state index in [1.54, 1.807) is 0 Å². The average molecular weight is 414 g/mol. The minimum absolute atomic E-state index is 0.110. The maximum Gasteiger partial charge on any atom is 0.412 e. The molecule has 5 aliphatic rings. The first-order valence-corrected chi connectivity index (χ1v) is 11.1. The summed E-state index contributed by atoms with van der Waals surface area (Å²) < 4.78 is 46.7. The van der Waals surface area contributed by atoms with Crippen molar-refractivity contribution in [1.82, 2.24) is 0 Å². The topological polar surface area (TPSA) is 77.1 Å². The van der Waals surface area contributed by atoms with Crippen molar-refractivity contribution in [1.29, 1.82) is 0 Å². The molecule has 0 N–H and O–H groups in total. The second-order valence-electron chi connectivity index (χ2n) is 9.37. The van der Waals surface area contributed by atoms with Crippen molar-refractivity contribution in [3.05, 3.63) is 0 Å². The van der Waals surface area contributed by atoms with E-state index in [1.165, 1.54) is 0 Å². The maximum absolute atomic E-state index is 6.17. The van der Waals surface area contributed by atoms with Gasteiger partial charge in [0.1, 0.15) is 6.10 Å². The van der Waals surface area contributed by atoms with Crippen LogP contribution in [0.25, 0.3) is 0 Å². The van der Waals surface area contributed by atoms with Gasteiger partial charge in [-0.2, -0.15) is 0 Å². The zero-order valence-electron chi connectivity index (χ0n) is 17.5. The molecule has 5 fully saturated rings. The van der Waals surface area contributed by atoms with Gasteiger partial charge in [-0.25, -0.2) is 0 Å². The van der Waals surface area contributed by atoms with Gasteiger partial charge in [0.25, 0.3) is 0 Å². The van der Waals surface area contributed by atoms with Crippen molar-refractivity contribution >= 4 is 0 Å². The van der Waals surface area contributed by atoms with Crippen molar-refractivity contribution in [2.45, 2.75) is 76.2 Å². The molecule has 0 aromatic carbocycles. The van der Waals surface area contributed by atoms with Crippen molar-refractivity contribution in [2.24, 2.45) is 11.3 Å². The van der Waals surface area contributed by atoms with Crippen LogP contribution < -0.4 is 0 Å². The van der Waals surface area contributed by atoms with Gasteiger partial charge in [0.05, 0.1) is 70.7 Å². The number of epoxide rings is 1. The summed E-state index contributed by atoms with van der Waals surface area (Å²) >= 11 is 0. The van der Waals surface area contributed by atoms with Crippen LogP contribution in [0, 0.1) is 11.3 Å². The molecule has 4 atom stereocenters. The highest BCUT2D eigenvalue weighted by Gasteiger charge is 2.51. The molecule has 4 heterocycles. The van der Waals surface area contributed by atoms with Crippen LogP contribution in [0.5, 0.6) is 0 Å². The minimum atomic E-state index is -1.40. The Labute approximate surface area is 172 Å². The molecule has 0 aromatic heterocycles. The second kappa shape index (κ2) is 8.31. The van der Waals surface area contributed by atoms with Crippen molar-refractivity contribution in [3.8, 4) is 0 Å². The third-order valence-corrected chi connectivity index (χ3v) is 6.90. The normalized spacial score (nSPS) is 49.4. The number of rotatable bonds is 7. The van der Waals surface area contributed by atoms with E-state index in [4.69, 9.17) is 37.9 Å². The van der Waals surface area contributed by atoms with Crippen molar-refractivity contribution < 1.29 is 37.9 Å². The molecule has 8 heteroatoms. The minimum Gasteiger partial charge on any atom is -0.378 e. The Morgan fingerprint density at radius 2 is 1.59 bits per heavy atom. The first-order chi connectivity index (χ1) is 14.1. The fourth-order valence-corrected chi connectivity index (χ4v) is 4.63. The Bertz CT molecular complexity index is 543. The quantitative estimate of drug-likeness (QED) is 0.584. The summed E-state index contributed by atoms with van der Waals surface area (Å²) in [6, 6.07) is 0. The lowest BCUT2D eigenvalue weighted by atomic mass is 9.87. The van der Waals surface area contributed by atoms with E-state index in [0.29, 0.717) is 70.0 Å². The molecule has 1 saturated carbocycles. The average Bonchev–Trinajstić information content (AvgIpc) is 3.14. The number of fused-ring (bicyclic) bond motifs is 1. The molecule has 0 aromatic rings. The second-order valence-corrected chi connectivity index (χ2v) is 9.37. The van der Waals surface area contributed by atoms with Gasteiger partial charge in [-0.15, -0.1) is 0 Å². The molecule has 0 amide bonds. The number of ether oxygens (including phenoxy) is 8. The van der Waals surface area contributed by atoms with Crippen LogP contribution >= 0.6 is 0 Å². The summed E-state index contributed by atoms with van der Waals surface area (Å²) in [5.41, 5.74) is -0.169. The van der Waals surface area contributed by atoms with E-state index >= 15 is 0 Å². The lowest BCUT2D eigenvalue weighted by Gasteiger charge is -2.46. The monoisotopic (exact) mass is 414 g/mol. The van der Waals surface area contributed by atoms with Crippen LogP contribution in [-0.4, -0.2) is 82.9 Å². The summed E-state index contributed by atoms with van der Waals surface area (Å²) in [7, 11) is 0. The van der Waals surface area contributed by atoms with E-state index in [9.17, 15) is 0 Å². The van der Waals surface area contributed by atoms with Crippen molar-refractivity contribution in [2.75, 3.05) is 46.2 Å². The standard InChI is InChI=1S/C21H34O8/c1-3-20(11-24-16-5-18-19(6-16)29-18)12-27-21(28-13-20)25-9-17(10-26-21)23-8-15-4-14(2)22-7-15/h14-19H,3-13H2,1-2H3. The fourth-order valence-electron chi connectivity index (χ4n) is 4.63. The molecule has 4 aliphatic heterocycles. The van der Waals surface area contributed by atoms with Gasteiger partial charge >= 0.3 is 6.16 Å². The number of hydrogen-bond donors (Lipinski definition) is 0. The van der Waals surface area contributed by atoms with Crippen molar-refractivity contribution in [3.63, 3.8) is 0 Å². The highest BCUT2D eigenvalue weighted by Crippen LogP contribution is 2.42. The van der Waals surface area contributed by atoms with E-state index in [2.05, 4.69) is 13.8 Å². The summed E-state index contributed by atoms with van der Waals surface area (Å²) in [5, 5.41) is 0. The Hall–Kier alpha value is -0.320. The van der Waals surface area contributed by atoms with Gasteiger partial charge < -0.3 is 37.9 Å². The predicted octanol–water partition coefficient (Wildman–Crippen LogP) is 1.84. The predicted molar refractivity (Wildman–Crippen MR) is 100 cm³/mol. The third kappa shape index (κ3) is 4.65. The summed E-state index contributed by atoms with van der Waals surface area (Å²) in [4.78, 5) is 0. The van der Waals surface area contributed by atoms with Crippen LogP contribution in [0.2, 0.25) is 0 Å². The number of hydrogen-bond acceptors (Lipinski definition) is 8. The third-order valence-electron chi connectivity index (χ3n) is 6.90. The molecular weight excluding hydrogens is 380 g/mol. The SMILES string of the molecule is CCC1(COC2CC3OC3C2)COC2(OCC(OCC3COC(C)C3)CO2)OC1. The lowest BCUT2D eigenvalue weighted by Crippen LogP contribution is -2.58. The van der Waals surface area contributed by atoms with Crippen LogP contribution in [0.15, 0.2) is 0 Å². The van der Waals surface area contributed by atoms with E-state index in [0.717, 1.165) is 32.3 Å². The van der Waals surface area contributed by atoms with Crippen LogP contribution in [-0.2, 0) is 37.9 Å². The van der Waals surface area contributed by atoms with Gasteiger partial charge in [-0.1, -0.05) is 6.92 Å². The molecule has 0 bridgehead atoms. The van der Waals surface area contributed by atoms with E-state index in [1.807, 2.05) is 0 Å². The molecular formula is C21H34O8. The molecule has 8 nitrogen and oxygen atoms in total. The highest BCUT2D eigenvalue weighted by molar-refractivity contribution is 4.97. The largest absolute Gasteiger partial charge is 0.412 e. The van der Waals surface area contributed by atoms with Gasteiger partial charge in [0, 0.05) is 24.2 Å². The molecule has 4 saturated heterocycles. The van der Waals surface area contributed by atoms with Crippen LogP contribution in [0.3, 0.4) is 0 Å². The molecule has 0 radical (unpaired) electrons. The lowest BCUT2D eigenvalue weighted by molar-refractivity contribution is -0.544. The Balaban J connectivity index is 1.04. The van der Waals surface area contributed by atoms with E-state index in [-0.39, 0.29) is 11.5 Å².